The van der Waals surface area contributed by atoms with Crippen molar-refractivity contribution in [3.63, 3.8) is 0 Å². The second kappa shape index (κ2) is 8.79. The number of amides is 1. The quantitative estimate of drug-likeness (QED) is 0.828. The predicted molar refractivity (Wildman–Crippen MR) is 91.0 cm³/mol. The average Bonchev–Trinajstić information content (AvgIpc) is 2.46. The highest BCUT2D eigenvalue weighted by Crippen LogP contribution is 2.18. The normalized spacial score (nSPS) is 13.0. The number of carbonyl (C=O) groups is 1. The van der Waals surface area contributed by atoms with Crippen LogP contribution in [0.5, 0.6) is 0 Å². The lowest BCUT2D eigenvalue weighted by Gasteiger charge is -2.26. The molecule has 0 fully saturated rings. The molecule has 0 spiro atoms. The Kier molecular flexibility index (Phi) is 7.39. The number of carbonyl (C=O) groups excluding carboxylic acids is 1. The largest absolute Gasteiger partial charge is 0.444 e. The Balaban J connectivity index is 2.72. The molecule has 0 radical (unpaired) electrons. The van der Waals surface area contributed by atoms with Gasteiger partial charge in [0.2, 0.25) is 0 Å². The van der Waals surface area contributed by atoms with Crippen LogP contribution < -0.4 is 5.32 Å². The Morgan fingerprint density at radius 3 is 2.27 bits per heavy atom. The molecule has 4 heteroatoms. The summed E-state index contributed by atoms with van der Waals surface area (Å²) >= 11 is 0. The summed E-state index contributed by atoms with van der Waals surface area (Å²) < 4.78 is 5.39. The van der Waals surface area contributed by atoms with Gasteiger partial charge in [0.05, 0.1) is 6.04 Å². The molecule has 0 aliphatic carbocycles. The van der Waals surface area contributed by atoms with Gasteiger partial charge in [-0.25, -0.2) is 4.79 Å². The molecule has 0 saturated heterocycles. The van der Waals surface area contributed by atoms with Crippen LogP contribution in [0.1, 0.15) is 52.6 Å². The predicted octanol–water partition coefficient (Wildman–Crippen LogP) is 3.98. The first-order valence-corrected chi connectivity index (χ1v) is 8.12. The zero-order valence-electron chi connectivity index (χ0n) is 14.6. The molecule has 22 heavy (non-hydrogen) atoms. The molecule has 0 unspecified atom stereocenters. The number of nitrogens with zero attached hydrogens (tertiary/aromatic N) is 1. The third-order valence-corrected chi connectivity index (χ3v) is 3.52. The fourth-order valence-electron chi connectivity index (χ4n) is 2.31. The molecule has 0 heterocycles. The van der Waals surface area contributed by atoms with Gasteiger partial charge in [-0.05, 0) is 45.8 Å². The topological polar surface area (TPSA) is 41.6 Å². The van der Waals surface area contributed by atoms with Gasteiger partial charge in [-0.15, -0.1) is 0 Å². The fraction of sp³-hybridized carbons (Fsp3) is 0.611. The van der Waals surface area contributed by atoms with Gasteiger partial charge in [-0.2, -0.15) is 0 Å². The first kappa shape index (κ1) is 18.5. The van der Waals surface area contributed by atoms with E-state index in [0.29, 0.717) is 0 Å². The van der Waals surface area contributed by atoms with Crippen molar-refractivity contribution in [2.24, 2.45) is 0 Å². The minimum absolute atomic E-state index is 0.0309. The van der Waals surface area contributed by atoms with Crippen LogP contribution in [0.15, 0.2) is 30.3 Å². The molecule has 1 atom stereocenters. The highest BCUT2D eigenvalue weighted by molar-refractivity contribution is 5.68. The monoisotopic (exact) mass is 306 g/mol. The smallest absolute Gasteiger partial charge is 0.408 e. The third-order valence-electron chi connectivity index (χ3n) is 3.52. The molecule has 1 N–H and O–H groups in total. The lowest BCUT2D eigenvalue weighted by atomic mass is 10.0. The van der Waals surface area contributed by atoms with Crippen LogP contribution >= 0.6 is 0 Å². The van der Waals surface area contributed by atoms with Crippen molar-refractivity contribution >= 4 is 6.09 Å². The number of hydrogen-bond acceptors (Lipinski definition) is 3. The van der Waals surface area contributed by atoms with Crippen LogP contribution in [0.3, 0.4) is 0 Å². The molecule has 1 aromatic carbocycles. The van der Waals surface area contributed by atoms with Crippen molar-refractivity contribution in [1.29, 1.82) is 0 Å². The van der Waals surface area contributed by atoms with Gasteiger partial charge in [0.1, 0.15) is 5.60 Å². The van der Waals surface area contributed by atoms with Gasteiger partial charge in [-0.3, -0.25) is 0 Å². The van der Waals surface area contributed by atoms with Crippen molar-refractivity contribution in [2.45, 2.75) is 52.7 Å². The number of benzene rings is 1. The fourth-order valence-corrected chi connectivity index (χ4v) is 2.31. The second-order valence-corrected chi connectivity index (χ2v) is 6.43. The molecule has 0 saturated carbocycles. The zero-order chi connectivity index (χ0) is 16.6. The zero-order valence-corrected chi connectivity index (χ0v) is 14.6. The average molecular weight is 306 g/mol. The molecule has 4 nitrogen and oxygen atoms in total. The first-order chi connectivity index (χ1) is 10.4. The van der Waals surface area contributed by atoms with E-state index < -0.39 is 5.60 Å². The molecule has 0 aliphatic heterocycles. The van der Waals surface area contributed by atoms with E-state index in [4.69, 9.17) is 4.74 Å². The summed E-state index contributed by atoms with van der Waals surface area (Å²) in [5.74, 6) is 0. The summed E-state index contributed by atoms with van der Waals surface area (Å²) in [6.07, 6.45) is 0.506. The summed E-state index contributed by atoms with van der Waals surface area (Å²) in [6, 6.07) is 10.0. The Morgan fingerprint density at radius 1 is 1.18 bits per heavy atom. The van der Waals surface area contributed by atoms with Gasteiger partial charge in [0.15, 0.2) is 0 Å². The van der Waals surface area contributed by atoms with Gasteiger partial charge >= 0.3 is 6.09 Å². The number of rotatable bonds is 7. The van der Waals surface area contributed by atoms with E-state index in [1.807, 2.05) is 51.1 Å². The van der Waals surface area contributed by atoms with E-state index in [-0.39, 0.29) is 12.1 Å². The van der Waals surface area contributed by atoms with E-state index >= 15 is 0 Å². The maximum Gasteiger partial charge on any atom is 0.408 e. The molecule has 1 amide bonds. The maximum absolute atomic E-state index is 12.1. The minimum Gasteiger partial charge on any atom is -0.444 e. The third kappa shape index (κ3) is 6.94. The highest BCUT2D eigenvalue weighted by Gasteiger charge is 2.20. The summed E-state index contributed by atoms with van der Waals surface area (Å²) in [6.45, 7) is 12.9. The highest BCUT2D eigenvalue weighted by atomic mass is 16.6. The van der Waals surface area contributed by atoms with Crippen molar-refractivity contribution in [3.05, 3.63) is 35.9 Å². The van der Waals surface area contributed by atoms with Gasteiger partial charge in [-0.1, -0.05) is 44.2 Å². The van der Waals surface area contributed by atoms with Crippen LogP contribution in [0.4, 0.5) is 4.79 Å². The van der Waals surface area contributed by atoms with E-state index in [0.717, 1.165) is 31.6 Å². The Hall–Kier alpha value is -1.55. The lowest BCUT2D eigenvalue weighted by molar-refractivity contribution is 0.0498. The minimum atomic E-state index is -0.482. The van der Waals surface area contributed by atoms with Crippen LogP contribution in [0, 0.1) is 0 Å². The van der Waals surface area contributed by atoms with Crippen LogP contribution in [0.2, 0.25) is 0 Å². The van der Waals surface area contributed by atoms with Crippen molar-refractivity contribution in [2.75, 3.05) is 19.6 Å². The molecule has 0 aromatic heterocycles. The SMILES string of the molecule is CCN(CC)CC[C@H](NC(=O)OC(C)(C)C)c1ccccc1. The summed E-state index contributed by atoms with van der Waals surface area (Å²) in [4.78, 5) is 14.4. The molecule has 0 bridgehead atoms. The molecule has 124 valence electrons. The molecule has 0 aliphatic rings. The van der Waals surface area contributed by atoms with Crippen LogP contribution in [-0.4, -0.2) is 36.2 Å². The van der Waals surface area contributed by atoms with Gasteiger partial charge in [0.25, 0.3) is 0 Å². The lowest BCUT2D eigenvalue weighted by Crippen LogP contribution is -2.36. The van der Waals surface area contributed by atoms with E-state index in [2.05, 4.69) is 24.1 Å². The molecule has 1 aromatic rings. The summed E-state index contributed by atoms with van der Waals surface area (Å²) in [5, 5.41) is 3.01. The number of ether oxygens (including phenoxy) is 1. The number of hydrogen-bond donors (Lipinski definition) is 1. The molecular weight excluding hydrogens is 276 g/mol. The van der Waals surface area contributed by atoms with Crippen LogP contribution in [0.25, 0.3) is 0 Å². The summed E-state index contributed by atoms with van der Waals surface area (Å²) in [5.41, 5.74) is 0.630. The Morgan fingerprint density at radius 2 is 1.77 bits per heavy atom. The molecule has 1 rings (SSSR count). The van der Waals surface area contributed by atoms with Gasteiger partial charge < -0.3 is 15.0 Å². The van der Waals surface area contributed by atoms with Crippen molar-refractivity contribution in [3.8, 4) is 0 Å². The van der Waals surface area contributed by atoms with Crippen molar-refractivity contribution in [1.82, 2.24) is 10.2 Å². The van der Waals surface area contributed by atoms with E-state index in [9.17, 15) is 4.79 Å². The first-order valence-electron chi connectivity index (χ1n) is 8.12. The standard InChI is InChI=1S/C18H30N2O2/c1-6-20(7-2)14-13-16(15-11-9-8-10-12-15)19-17(21)22-18(3,4)5/h8-12,16H,6-7,13-14H2,1-5H3,(H,19,21)/t16-/m0/s1. The van der Waals surface area contributed by atoms with Gasteiger partial charge in [0, 0.05) is 6.54 Å². The summed E-state index contributed by atoms with van der Waals surface area (Å²) in [7, 11) is 0. The van der Waals surface area contributed by atoms with E-state index in [1.165, 1.54) is 0 Å². The van der Waals surface area contributed by atoms with Crippen LogP contribution in [-0.2, 0) is 4.74 Å². The maximum atomic E-state index is 12.1. The Bertz CT molecular complexity index is 436. The molecular formula is C18H30N2O2. The number of nitrogens with one attached hydrogen (secondary N) is 1. The Labute approximate surface area is 134 Å². The number of alkyl carbamates (subject to hydrolysis) is 1. The van der Waals surface area contributed by atoms with Crippen molar-refractivity contribution < 1.29 is 9.53 Å². The van der Waals surface area contributed by atoms with E-state index in [1.54, 1.807) is 0 Å². The second-order valence-electron chi connectivity index (χ2n) is 6.43.